The summed E-state index contributed by atoms with van der Waals surface area (Å²) in [4.78, 5) is 40.2. The first-order chi connectivity index (χ1) is 22.4. The van der Waals surface area contributed by atoms with Gasteiger partial charge in [-0.1, -0.05) is 88.7 Å². The Kier molecular flexibility index (Phi) is 21.8. The van der Waals surface area contributed by atoms with Gasteiger partial charge in [0.25, 0.3) is 0 Å². The average molecular weight is 718 g/mol. The van der Waals surface area contributed by atoms with Crippen LogP contribution >= 0.6 is 15.9 Å². The number of benzene rings is 4. The Morgan fingerprint density at radius 2 is 1.11 bits per heavy atom. The molecule has 0 amide bonds. The van der Waals surface area contributed by atoms with Crippen molar-refractivity contribution in [1.82, 2.24) is 0 Å². The number of hydrogen-bond donors (Lipinski definition) is 1. The molecule has 0 aliphatic heterocycles. The van der Waals surface area contributed by atoms with Gasteiger partial charge in [-0.15, -0.1) is 0 Å². The van der Waals surface area contributed by atoms with Gasteiger partial charge in [-0.05, 0) is 48.2 Å². The van der Waals surface area contributed by atoms with Crippen molar-refractivity contribution in [3.8, 4) is 11.5 Å². The van der Waals surface area contributed by atoms with Gasteiger partial charge in [0, 0.05) is 19.2 Å². The van der Waals surface area contributed by atoms with Crippen LogP contribution in [0.2, 0.25) is 0 Å². The molecule has 252 valence electrons. The van der Waals surface area contributed by atoms with Gasteiger partial charge in [0.05, 0.1) is 25.3 Å². The molecule has 11 heteroatoms. The highest BCUT2D eigenvalue weighted by atomic mass is 79.9. The summed E-state index contributed by atoms with van der Waals surface area (Å²) in [6.07, 6.45) is 0.907. The third-order valence-electron chi connectivity index (χ3n) is 5.78. The molecule has 8 nitrogen and oxygen atoms in total. The standard InChI is InChI=1S/C15H13FO2.C8H7FO2.C7H7Br.2C3H6O2/c1-11-7-8-14(15(16)13(11)9-17)18-10-12-5-3-2-4-6-12;1-5-2-3-7(11)8(9)6(5)4-10;8-6-7-4-2-1-3-5-7;2*1-3(4)5-2/h2-9H,10H2,1H3;2-4,11H,1H3;1-5H,6H2;2*1-2H3. The Labute approximate surface area is 282 Å². The van der Waals surface area contributed by atoms with Crippen LogP contribution in [0.5, 0.6) is 11.5 Å². The molecule has 0 aliphatic carbocycles. The van der Waals surface area contributed by atoms with Crippen LogP contribution in [0, 0.1) is 25.5 Å². The predicted octanol–water partition coefficient (Wildman–Crippen LogP) is 8.12. The molecule has 4 aromatic carbocycles. The largest absolute Gasteiger partial charge is 0.505 e. The summed E-state index contributed by atoms with van der Waals surface area (Å²) in [5.74, 6) is -2.32. The second-order valence-corrected chi connectivity index (χ2v) is 9.82. The minimum absolute atomic E-state index is 0.0561. The van der Waals surface area contributed by atoms with Crippen molar-refractivity contribution in [2.75, 3.05) is 14.2 Å². The number of rotatable bonds is 6. The summed E-state index contributed by atoms with van der Waals surface area (Å²) in [7, 11) is 2.70. The van der Waals surface area contributed by atoms with E-state index in [9.17, 15) is 28.0 Å². The fourth-order valence-electron chi connectivity index (χ4n) is 3.05. The van der Waals surface area contributed by atoms with Crippen molar-refractivity contribution in [3.05, 3.63) is 130 Å². The lowest BCUT2D eigenvalue weighted by atomic mass is 10.1. The number of ether oxygens (including phenoxy) is 3. The van der Waals surface area contributed by atoms with E-state index < -0.39 is 17.4 Å². The maximum absolute atomic E-state index is 13.9. The second-order valence-electron chi connectivity index (χ2n) is 9.26. The third kappa shape index (κ3) is 17.4. The minimum Gasteiger partial charge on any atom is -0.505 e. The quantitative estimate of drug-likeness (QED) is 0.121. The molecule has 0 aliphatic rings. The molecule has 0 saturated carbocycles. The van der Waals surface area contributed by atoms with Crippen LogP contribution in [0.15, 0.2) is 84.9 Å². The van der Waals surface area contributed by atoms with Crippen molar-refractivity contribution >= 4 is 40.4 Å². The number of esters is 2. The van der Waals surface area contributed by atoms with E-state index in [1.54, 1.807) is 26.0 Å². The van der Waals surface area contributed by atoms with E-state index in [0.717, 1.165) is 10.9 Å². The molecule has 0 radical (unpaired) electrons. The van der Waals surface area contributed by atoms with Crippen molar-refractivity contribution in [3.63, 3.8) is 0 Å². The first-order valence-corrected chi connectivity index (χ1v) is 15.0. The summed E-state index contributed by atoms with van der Waals surface area (Å²) >= 11 is 3.36. The van der Waals surface area contributed by atoms with Crippen LogP contribution < -0.4 is 4.74 Å². The molecule has 0 bridgehead atoms. The maximum atomic E-state index is 13.9. The Hall–Kier alpha value is -4.90. The predicted molar refractivity (Wildman–Crippen MR) is 180 cm³/mol. The van der Waals surface area contributed by atoms with Crippen LogP contribution in [0.3, 0.4) is 0 Å². The Morgan fingerprint density at radius 3 is 1.47 bits per heavy atom. The van der Waals surface area contributed by atoms with Crippen LogP contribution in [-0.4, -0.2) is 43.8 Å². The van der Waals surface area contributed by atoms with Gasteiger partial charge in [-0.2, -0.15) is 0 Å². The van der Waals surface area contributed by atoms with Gasteiger partial charge in [-0.3, -0.25) is 19.2 Å². The van der Waals surface area contributed by atoms with Gasteiger partial charge in [0.2, 0.25) is 0 Å². The van der Waals surface area contributed by atoms with Gasteiger partial charge in [0.1, 0.15) is 6.61 Å². The summed E-state index contributed by atoms with van der Waals surface area (Å²) in [6, 6.07) is 25.7. The van der Waals surface area contributed by atoms with Crippen molar-refractivity contribution in [2.24, 2.45) is 0 Å². The highest BCUT2D eigenvalue weighted by Gasteiger charge is 2.11. The summed E-state index contributed by atoms with van der Waals surface area (Å²) in [6.45, 7) is 6.29. The first kappa shape index (κ1) is 42.1. The summed E-state index contributed by atoms with van der Waals surface area (Å²) in [5.41, 5.74) is 3.38. The highest BCUT2D eigenvalue weighted by molar-refractivity contribution is 9.08. The van der Waals surface area contributed by atoms with Crippen molar-refractivity contribution < 1.29 is 47.3 Å². The normalized spacial score (nSPS) is 9.13. The van der Waals surface area contributed by atoms with E-state index in [2.05, 4.69) is 37.5 Å². The SMILES string of the molecule is BrCc1ccccc1.COC(C)=O.COC(C)=O.Cc1ccc(O)c(F)c1C=O.Cc1ccc(OCc2ccccc2)c(F)c1C=O. The zero-order valence-corrected chi connectivity index (χ0v) is 28.7. The number of aryl methyl sites for hydroxylation is 2. The Morgan fingerprint density at radius 1 is 0.702 bits per heavy atom. The van der Waals surface area contributed by atoms with Gasteiger partial charge >= 0.3 is 11.9 Å². The number of carbonyl (C=O) groups excluding carboxylic acids is 4. The molecule has 0 atom stereocenters. The van der Waals surface area contributed by atoms with E-state index in [4.69, 9.17) is 9.84 Å². The summed E-state index contributed by atoms with van der Waals surface area (Å²) in [5, 5.41) is 9.77. The van der Waals surface area contributed by atoms with E-state index in [0.29, 0.717) is 23.7 Å². The zero-order chi connectivity index (χ0) is 35.8. The number of phenolic OH excluding ortho intramolecular Hbond substituents is 1. The number of phenols is 1. The third-order valence-corrected chi connectivity index (χ3v) is 6.43. The zero-order valence-electron chi connectivity index (χ0n) is 27.1. The number of halogens is 3. The molecule has 0 fully saturated rings. The van der Waals surface area contributed by atoms with E-state index in [1.807, 2.05) is 48.5 Å². The number of aromatic hydroxyl groups is 1. The van der Waals surface area contributed by atoms with Crippen molar-refractivity contribution in [1.29, 1.82) is 0 Å². The smallest absolute Gasteiger partial charge is 0.302 e. The maximum Gasteiger partial charge on any atom is 0.302 e. The number of hydrogen-bond acceptors (Lipinski definition) is 8. The molecule has 1 N–H and O–H groups in total. The minimum atomic E-state index is -0.847. The summed E-state index contributed by atoms with van der Waals surface area (Å²) < 4.78 is 40.3. The molecule has 0 heterocycles. The van der Waals surface area contributed by atoms with E-state index in [1.165, 1.54) is 45.8 Å². The van der Waals surface area contributed by atoms with Gasteiger partial charge in [-0.25, -0.2) is 8.78 Å². The fraction of sp³-hybridized carbons (Fsp3) is 0.222. The monoisotopic (exact) mass is 716 g/mol. The lowest BCUT2D eigenvalue weighted by Crippen LogP contribution is -2.01. The van der Waals surface area contributed by atoms with E-state index in [-0.39, 0.29) is 35.4 Å². The van der Waals surface area contributed by atoms with Crippen LogP contribution in [0.1, 0.15) is 56.8 Å². The molecule has 4 rings (SSSR count). The lowest BCUT2D eigenvalue weighted by Gasteiger charge is -2.09. The second kappa shape index (κ2) is 24.3. The topological polar surface area (TPSA) is 116 Å². The van der Waals surface area contributed by atoms with Crippen LogP contribution in [0.25, 0.3) is 0 Å². The Bertz CT molecular complexity index is 1520. The molecule has 0 saturated heterocycles. The number of methoxy groups -OCH3 is 2. The molecule has 0 spiro atoms. The Balaban J connectivity index is 0.000000624. The van der Waals surface area contributed by atoms with Crippen LogP contribution in [-0.2, 0) is 31.0 Å². The first-order valence-electron chi connectivity index (χ1n) is 13.9. The van der Waals surface area contributed by atoms with E-state index >= 15 is 0 Å². The average Bonchev–Trinajstić information content (AvgIpc) is 3.08. The van der Waals surface area contributed by atoms with Crippen LogP contribution in [0.4, 0.5) is 8.78 Å². The molecule has 0 aromatic heterocycles. The molecule has 0 unspecified atom stereocenters. The van der Waals surface area contributed by atoms with Gasteiger partial charge in [0.15, 0.2) is 35.7 Å². The molecular weight excluding hydrogens is 678 g/mol. The number of carbonyl (C=O) groups is 4. The van der Waals surface area contributed by atoms with Gasteiger partial charge < -0.3 is 19.3 Å². The highest BCUT2D eigenvalue weighted by Crippen LogP contribution is 2.23. The molecule has 4 aromatic rings. The lowest BCUT2D eigenvalue weighted by molar-refractivity contribution is -0.138. The fourth-order valence-corrected chi connectivity index (χ4v) is 3.42. The molecular formula is C36H39BrF2O8. The number of alkyl halides is 1. The molecule has 47 heavy (non-hydrogen) atoms. The van der Waals surface area contributed by atoms with Crippen molar-refractivity contribution in [2.45, 2.75) is 39.6 Å². The number of aldehydes is 2.